The molecule has 0 aromatic heterocycles. The highest BCUT2D eigenvalue weighted by molar-refractivity contribution is 5.70. The first-order valence-corrected chi connectivity index (χ1v) is 10.6. The van der Waals surface area contributed by atoms with Crippen LogP contribution < -0.4 is 0 Å². The fourth-order valence-corrected chi connectivity index (χ4v) is 2.43. The van der Waals surface area contributed by atoms with E-state index in [0.717, 1.165) is 11.1 Å². The van der Waals surface area contributed by atoms with Crippen molar-refractivity contribution in [3.8, 4) is 0 Å². The molecule has 0 bridgehead atoms. The number of rotatable bonds is 12. The molecule has 0 saturated heterocycles. The highest BCUT2D eigenvalue weighted by Crippen LogP contribution is 2.20. The van der Waals surface area contributed by atoms with Gasteiger partial charge in [-0.25, -0.2) is 0 Å². The second kappa shape index (κ2) is 16.2. The Morgan fingerprint density at radius 2 is 1.38 bits per heavy atom. The summed E-state index contributed by atoms with van der Waals surface area (Å²) in [5, 5.41) is 0. The van der Waals surface area contributed by atoms with Crippen LogP contribution in [0.3, 0.4) is 0 Å². The van der Waals surface area contributed by atoms with Crippen LogP contribution in [0.15, 0.2) is 36.6 Å². The number of allylic oxidation sites excluding steroid dienone is 3. The molecular formula is C25H42O4. The molecule has 0 aliphatic rings. The van der Waals surface area contributed by atoms with Gasteiger partial charge in [0.25, 0.3) is 0 Å². The monoisotopic (exact) mass is 406 g/mol. The molecule has 166 valence electrons. The molecule has 0 saturated carbocycles. The number of methoxy groups -OCH3 is 1. The molecule has 0 aliphatic carbocycles. The maximum absolute atomic E-state index is 5.84. The van der Waals surface area contributed by atoms with Crippen LogP contribution in [0, 0.1) is 0 Å². The Labute approximate surface area is 178 Å². The second-order valence-corrected chi connectivity index (χ2v) is 7.04. The predicted molar refractivity (Wildman–Crippen MR) is 124 cm³/mol. The fourth-order valence-electron chi connectivity index (χ4n) is 2.43. The lowest BCUT2D eigenvalue weighted by Crippen LogP contribution is -2.26. The summed E-state index contributed by atoms with van der Waals surface area (Å²) < 4.78 is 22.4. The number of hydrogen-bond acceptors (Lipinski definition) is 4. The van der Waals surface area contributed by atoms with Crippen molar-refractivity contribution in [3.05, 3.63) is 47.7 Å². The molecule has 0 fully saturated rings. The Balaban J connectivity index is 0.00000379. The van der Waals surface area contributed by atoms with Crippen LogP contribution in [0.1, 0.15) is 66.5 Å². The summed E-state index contributed by atoms with van der Waals surface area (Å²) in [7, 11) is 1.67. The van der Waals surface area contributed by atoms with E-state index in [1.807, 2.05) is 40.9 Å². The van der Waals surface area contributed by atoms with Gasteiger partial charge < -0.3 is 18.9 Å². The van der Waals surface area contributed by atoms with E-state index in [1.54, 1.807) is 7.11 Å². The van der Waals surface area contributed by atoms with Crippen LogP contribution >= 0.6 is 0 Å². The van der Waals surface area contributed by atoms with Crippen LogP contribution in [-0.4, -0.2) is 45.2 Å². The first-order chi connectivity index (χ1) is 13.9. The minimum Gasteiger partial charge on any atom is -0.496 e. The maximum atomic E-state index is 5.84. The molecule has 1 aromatic rings. The van der Waals surface area contributed by atoms with Crippen LogP contribution in [0.4, 0.5) is 0 Å². The van der Waals surface area contributed by atoms with Crippen molar-refractivity contribution in [2.75, 3.05) is 26.9 Å². The highest BCUT2D eigenvalue weighted by atomic mass is 16.6. The molecule has 0 N–H and O–H groups in total. The fraction of sp³-hybridized carbons (Fsp3) is 0.600. The van der Waals surface area contributed by atoms with Crippen LogP contribution in [0.25, 0.3) is 11.1 Å². The number of hydrogen-bond donors (Lipinski definition) is 0. The zero-order valence-corrected chi connectivity index (χ0v) is 20.0. The number of benzene rings is 1. The van der Waals surface area contributed by atoms with Crippen molar-refractivity contribution in [2.24, 2.45) is 0 Å². The molecule has 29 heavy (non-hydrogen) atoms. The van der Waals surface area contributed by atoms with E-state index in [1.165, 1.54) is 11.1 Å². The van der Waals surface area contributed by atoms with E-state index in [0.29, 0.717) is 19.8 Å². The lowest BCUT2D eigenvalue weighted by Gasteiger charge is -2.19. The lowest BCUT2D eigenvalue weighted by molar-refractivity contribution is -0.0671. The van der Waals surface area contributed by atoms with Crippen molar-refractivity contribution in [1.82, 2.24) is 0 Å². The van der Waals surface area contributed by atoms with Crippen LogP contribution in [0.5, 0.6) is 0 Å². The largest absolute Gasteiger partial charge is 0.496 e. The van der Waals surface area contributed by atoms with E-state index >= 15 is 0 Å². The van der Waals surface area contributed by atoms with E-state index < -0.39 is 0 Å². The lowest BCUT2D eigenvalue weighted by atomic mass is 10.0. The van der Waals surface area contributed by atoms with E-state index in [9.17, 15) is 0 Å². The SMILES string of the molecule is C/C=C(\C)c1cccc(/C(C)=C/OC(C)COC(C)COC(C)COC)c1.CC. The van der Waals surface area contributed by atoms with Gasteiger partial charge in [0.2, 0.25) is 0 Å². The van der Waals surface area contributed by atoms with E-state index in [2.05, 4.69) is 51.1 Å². The van der Waals surface area contributed by atoms with Gasteiger partial charge >= 0.3 is 0 Å². The molecule has 3 atom stereocenters. The summed E-state index contributed by atoms with van der Waals surface area (Å²) in [4.78, 5) is 0. The Bertz CT molecular complexity index is 607. The average molecular weight is 407 g/mol. The molecule has 3 unspecified atom stereocenters. The molecule has 0 amide bonds. The summed E-state index contributed by atoms with van der Waals surface area (Å²) in [6.45, 7) is 17.9. The van der Waals surface area contributed by atoms with Gasteiger partial charge in [-0.05, 0) is 69.9 Å². The molecule has 1 rings (SSSR count). The summed E-state index contributed by atoms with van der Waals surface area (Å²) in [6.07, 6.45) is 4.00. The third kappa shape index (κ3) is 11.8. The van der Waals surface area contributed by atoms with Gasteiger partial charge in [-0.1, -0.05) is 38.1 Å². The molecule has 1 aromatic carbocycles. The van der Waals surface area contributed by atoms with Gasteiger partial charge in [0.1, 0.15) is 6.10 Å². The predicted octanol–water partition coefficient (Wildman–Crippen LogP) is 6.36. The molecule has 0 radical (unpaired) electrons. The zero-order valence-electron chi connectivity index (χ0n) is 20.0. The van der Waals surface area contributed by atoms with Crippen LogP contribution in [0.2, 0.25) is 0 Å². The van der Waals surface area contributed by atoms with Crippen molar-refractivity contribution in [3.63, 3.8) is 0 Å². The molecule has 4 nitrogen and oxygen atoms in total. The third-order valence-corrected chi connectivity index (χ3v) is 4.32. The molecule has 0 heterocycles. The summed E-state index contributed by atoms with van der Waals surface area (Å²) >= 11 is 0. The van der Waals surface area contributed by atoms with E-state index in [4.69, 9.17) is 18.9 Å². The van der Waals surface area contributed by atoms with Crippen molar-refractivity contribution in [2.45, 2.75) is 73.7 Å². The van der Waals surface area contributed by atoms with Gasteiger partial charge in [0.15, 0.2) is 0 Å². The second-order valence-electron chi connectivity index (χ2n) is 7.04. The first-order valence-electron chi connectivity index (χ1n) is 10.6. The zero-order chi connectivity index (χ0) is 22.2. The Morgan fingerprint density at radius 3 is 1.93 bits per heavy atom. The Kier molecular flexibility index (Phi) is 15.3. The highest BCUT2D eigenvalue weighted by Gasteiger charge is 2.10. The quantitative estimate of drug-likeness (QED) is 0.379. The Morgan fingerprint density at radius 1 is 0.862 bits per heavy atom. The summed E-state index contributed by atoms with van der Waals surface area (Å²) in [5.74, 6) is 0. The summed E-state index contributed by atoms with van der Waals surface area (Å²) in [5.41, 5.74) is 4.76. The Hall–Kier alpha value is -1.62. The summed E-state index contributed by atoms with van der Waals surface area (Å²) in [6, 6.07) is 8.49. The van der Waals surface area contributed by atoms with Crippen LogP contribution in [-0.2, 0) is 18.9 Å². The molecular weight excluding hydrogens is 364 g/mol. The van der Waals surface area contributed by atoms with Crippen molar-refractivity contribution in [1.29, 1.82) is 0 Å². The first kappa shape index (κ1) is 27.4. The van der Waals surface area contributed by atoms with Gasteiger partial charge in [-0.3, -0.25) is 0 Å². The number of ether oxygens (including phenoxy) is 4. The topological polar surface area (TPSA) is 36.9 Å². The smallest absolute Gasteiger partial charge is 0.118 e. The van der Waals surface area contributed by atoms with Gasteiger partial charge in [0.05, 0.1) is 38.3 Å². The average Bonchev–Trinajstić information content (AvgIpc) is 2.75. The van der Waals surface area contributed by atoms with E-state index in [-0.39, 0.29) is 18.3 Å². The third-order valence-electron chi connectivity index (χ3n) is 4.32. The minimum atomic E-state index is -0.0285. The minimum absolute atomic E-state index is 0.0147. The van der Waals surface area contributed by atoms with Crippen molar-refractivity contribution < 1.29 is 18.9 Å². The van der Waals surface area contributed by atoms with Gasteiger partial charge in [-0.15, -0.1) is 0 Å². The van der Waals surface area contributed by atoms with Crippen molar-refractivity contribution >= 4 is 11.1 Å². The normalized spacial score (nSPS) is 15.2. The molecule has 0 spiro atoms. The maximum Gasteiger partial charge on any atom is 0.118 e. The molecule has 4 heteroatoms. The van der Waals surface area contributed by atoms with Gasteiger partial charge in [0, 0.05) is 7.11 Å². The van der Waals surface area contributed by atoms with Gasteiger partial charge in [-0.2, -0.15) is 0 Å². The molecule has 0 aliphatic heterocycles. The standard InChI is InChI=1S/C23H36O4.C2H6/c1-8-17(2)22-10-9-11-23(12-22)18(3)13-25-20(5)15-27-21(6)16-26-19(4)14-24-7;1-2/h8-13,19-21H,14-16H2,1-7H3;1-2H3/b17-8+,18-13+;.